The van der Waals surface area contributed by atoms with E-state index in [1.54, 1.807) is 12.0 Å². The fraction of sp³-hybridized carbons (Fsp3) is 0.771. The van der Waals surface area contributed by atoms with Crippen molar-refractivity contribution < 1.29 is 19.8 Å². The largest absolute Gasteiger partial charge is 0.394 e. The molecule has 2 heterocycles. The number of hydrogen-bond acceptors (Lipinski definition) is 7. The van der Waals surface area contributed by atoms with Crippen LogP contribution >= 0.6 is 0 Å². The number of aliphatic hydroxyl groups is 2. The fourth-order valence-electron chi connectivity index (χ4n) is 8.41. The maximum atomic E-state index is 14.0. The van der Waals surface area contributed by atoms with E-state index in [1.807, 2.05) is 0 Å². The third kappa shape index (κ3) is 7.14. The first-order chi connectivity index (χ1) is 21.3. The number of aliphatic imine (C=N–C) groups is 1. The van der Waals surface area contributed by atoms with Crippen molar-refractivity contribution in [1.29, 1.82) is 0 Å². The molecule has 6 rings (SSSR count). The number of nitrogens with zero attached hydrogens (tertiary/aromatic N) is 4. The second-order valence-electron chi connectivity index (χ2n) is 15.2. The predicted molar refractivity (Wildman–Crippen MR) is 179 cm³/mol. The summed E-state index contributed by atoms with van der Waals surface area (Å²) in [6, 6.07) is 8.38. The first-order valence-electron chi connectivity index (χ1n) is 17.3. The van der Waals surface area contributed by atoms with Crippen LogP contribution in [0.3, 0.4) is 0 Å². The topological polar surface area (TPSA) is 113 Å². The standard InChI is InChI=1S/C35H58N6O4/c1-21(2)36-34(37-22(3)4)40-14-12-39(13-15-40)27-11-9-10-25(16-27)19-41-32(31(24(6)43)30(20-42)45-41)33(44)38-29-18-26-17-28(23(29)5)35(26,7)8/h9-11,16,21-24,26,28-32,42-43H,12-15,17-20H2,1-8H3,(H,36,37)(H,38,44)/t23-,24-,26-,28+,29?,30-,31+,32-/m0/s1. The Balaban J connectivity index is 1.27. The molecular weight excluding hydrogens is 568 g/mol. The van der Waals surface area contributed by atoms with Gasteiger partial charge in [0.1, 0.15) is 12.1 Å². The lowest BCUT2D eigenvalue weighted by atomic mass is 9.45. The Morgan fingerprint density at radius 2 is 1.82 bits per heavy atom. The maximum absolute atomic E-state index is 14.0. The minimum absolute atomic E-state index is 0.114. The van der Waals surface area contributed by atoms with E-state index in [1.165, 1.54) is 6.42 Å². The number of carbonyl (C=O) groups excluding carboxylic acids is 1. The number of rotatable bonds is 9. The van der Waals surface area contributed by atoms with E-state index in [-0.39, 0.29) is 24.6 Å². The smallest absolute Gasteiger partial charge is 0.240 e. The van der Waals surface area contributed by atoms with Crippen LogP contribution in [-0.4, -0.2) is 101 Å². The van der Waals surface area contributed by atoms with Crippen LogP contribution in [0.25, 0.3) is 0 Å². The molecule has 10 heteroatoms. The molecule has 3 aliphatic carbocycles. The normalized spacial score (nSPS) is 32.5. The molecular formula is C35H58N6O4. The minimum atomic E-state index is -0.809. The quantitative estimate of drug-likeness (QED) is 0.244. The second kappa shape index (κ2) is 13.8. The molecule has 4 N–H and O–H groups in total. The monoisotopic (exact) mass is 626 g/mol. The Hall–Kier alpha value is -2.40. The summed E-state index contributed by atoms with van der Waals surface area (Å²) in [6.45, 7) is 20.8. The van der Waals surface area contributed by atoms with Gasteiger partial charge in [-0.05, 0) is 88.3 Å². The van der Waals surface area contributed by atoms with Crippen molar-refractivity contribution in [3.05, 3.63) is 29.8 Å². The highest BCUT2D eigenvalue weighted by molar-refractivity contribution is 5.83. The van der Waals surface area contributed by atoms with E-state index in [4.69, 9.17) is 9.83 Å². The molecule has 1 amide bonds. The van der Waals surface area contributed by atoms with Gasteiger partial charge in [0.05, 0.1) is 19.3 Å². The lowest BCUT2D eigenvalue weighted by molar-refractivity contribution is -0.183. The highest BCUT2D eigenvalue weighted by Crippen LogP contribution is 2.61. The Morgan fingerprint density at radius 3 is 2.40 bits per heavy atom. The average Bonchev–Trinajstić information content (AvgIpc) is 3.36. The van der Waals surface area contributed by atoms with Gasteiger partial charge < -0.3 is 30.6 Å². The number of guanidine groups is 1. The number of benzene rings is 1. The molecule has 1 aromatic rings. The number of anilines is 1. The van der Waals surface area contributed by atoms with Gasteiger partial charge >= 0.3 is 0 Å². The number of piperazine rings is 1. The van der Waals surface area contributed by atoms with Crippen LogP contribution in [0.15, 0.2) is 29.3 Å². The molecule has 252 valence electrons. The molecule has 0 spiro atoms. The van der Waals surface area contributed by atoms with Crippen LogP contribution in [0, 0.1) is 29.1 Å². The highest BCUT2D eigenvalue weighted by Gasteiger charge is 2.57. The SMILES string of the molecule is CC(C)N=C(NC(C)C)N1CCN(c2cccc(CN3O[C@@H](CO)[C@@H]([C@H](C)O)[C@H]3C(=O)NC3C[C@@H]4C[C@H]([C@@H]3C)C4(C)C)c2)CC1. The molecule has 45 heavy (non-hydrogen) atoms. The average molecular weight is 627 g/mol. The van der Waals surface area contributed by atoms with E-state index in [0.717, 1.165) is 49.8 Å². The zero-order valence-corrected chi connectivity index (χ0v) is 28.7. The number of nitrogens with one attached hydrogen (secondary N) is 2. The molecule has 3 saturated carbocycles. The summed E-state index contributed by atoms with van der Waals surface area (Å²) < 4.78 is 0. The molecule has 10 nitrogen and oxygen atoms in total. The highest BCUT2D eigenvalue weighted by atomic mass is 16.7. The van der Waals surface area contributed by atoms with Crippen molar-refractivity contribution in [1.82, 2.24) is 20.6 Å². The Bertz CT molecular complexity index is 1200. The molecule has 0 aromatic heterocycles. The van der Waals surface area contributed by atoms with Crippen LogP contribution in [-0.2, 0) is 16.2 Å². The van der Waals surface area contributed by atoms with Gasteiger partial charge in [-0.15, -0.1) is 0 Å². The van der Waals surface area contributed by atoms with Crippen molar-refractivity contribution in [3.8, 4) is 0 Å². The van der Waals surface area contributed by atoms with Crippen LogP contribution < -0.4 is 15.5 Å². The number of hydrogen-bond donors (Lipinski definition) is 4. The zero-order chi connectivity index (χ0) is 32.6. The predicted octanol–water partition coefficient (Wildman–Crippen LogP) is 3.23. The van der Waals surface area contributed by atoms with Gasteiger partial charge in [0.2, 0.25) is 5.91 Å². The first kappa shape index (κ1) is 33.9. The molecule has 0 radical (unpaired) electrons. The van der Waals surface area contributed by atoms with Crippen molar-refractivity contribution >= 4 is 17.6 Å². The summed E-state index contributed by atoms with van der Waals surface area (Å²) in [7, 11) is 0. The molecule has 8 atom stereocenters. The third-order valence-electron chi connectivity index (χ3n) is 11.1. The molecule has 5 aliphatic rings. The molecule has 1 aromatic carbocycles. The molecule has 5 fully saturated rings. The fourth-order valence-corrected chi connectivity index (χ4v) is 8.41. The van der Waals surface area contributed by atoms with Crippen molar-refractivity contribution in [3.63, 3.8) is 0 Å². The Labute approximate surface area is 270 Å². The summed E-state index contributed by atoms with van der Waals surface area (Å²) in [5.74, 6) is 1.96. The number of amides is 1. The lowest BCUT2D eigenvalue weighted by Crippen LogP contribution is -2.62. The van der Waals surface area contributed by atoms with E-state index >= 15 is 0 Å². The van der Waals surface area contributed by atoms with Crippen LogP contribution in [0.5, 0.6) is 0 Å². The molecule has 2 saturated heterocycles. The molecule has 2 bridgehead atoms. The zero-order valence-electron chi connectivity index (χ0n) is 28.7. The van der Waals surface area contributed by atoms with Gasteiger partial charge in [-0.3, -0.25) is 14.6 Å². The summed E-state index contributed by atoms with van der Waals surface area (Å²) in [5, 5.41) is 29.6. The third-order valence-corrected chi connectivity index (χ3v) is 11.1. The van der Waals surface area contributed by atoms with Gasteiger partial charge in [-0.25, -0.2) is 0 Å². The molecule has 2 aliphatic heterocycles. The second-order valence-corrected chi connectivity index (χ2v) is 15.2. The van der Waals surface area contributed by atoms with Gasteiger partial charge in [0.15, 0.2) is 5.96 Å². The maximum Gasteiger partial charge on any atom is 0.240 e. The number of aliphatic hydroxyl groups excluding tert-OH is 2. The first-order valence-corrected chi connectivity index (χ1v) is 17.3. The van der Waals surface area contributed by atoms with Crippen molar-refractivity contribution in [2.45, 2.75) is 111 Å². The van der Waals surface area contributed by atoms with Crippen molar-refractivity contribution in [2.24, 2.45) is 34.1 Å². The van der Waals surface area contributed by atoms with Crippen LogP contribution in [0.1, 0.15) is 73.8 Å². The van der Waals surface area contributed by atoms with Crippen molar-refractivity contribution in [2.75, 3.05) is 37.7 Å². The van der Waals surface area contributed by atoms with Gasteiger partial charge in [0.25, 0.3) is 0 Å². The number of hydroxylamine groups is 2. The van der Waals surface area contributed by atoms with Gasteiger partial charge in [0, 0.05) is 55.9 Å². The summed E-state index contributed by atoms with van der Waals surface area (Å²) >= 11 is 0. The van der Waals surface area contributed by atoms with Gasteiger partial charge in [-0.1, -0.05) is 32.9 Å². The van der Waals surface area contributed by atoms with E-state index in [2.05, 4.69) is 93.2 Å². The Kier molecular flexibility index (Phi) is 10.4. The van der Waals surface area contributed by atoms with E-state index in [0.29, 0.717) is 35.8 Å². The summed E-state index contributed by atoms with van der Waals surface area (Å²) in [6.07, 6.45) is 0.778. The van der Waals surface area contributed by atoms with Crippen LogP contribution in [0.4, 0.5) is 5.69 Å². The number of fused-ring (bicyclic) bond motifs is 2. The van der Waals surface area contributed by atoms with Gasteiger partial charge in [-0.2, -0.15) is 5.06 Å². The molecule has 1 unspecified atom stereocenters. The van der Waals surface area contributed by atoms with E-state index < -0.39 is 24.2 Å². The Morgan fingerprint density at radius 1 is 1.11 bits per heavy atom. The lowest BCUT2D eigenvalue weighted by Gasteiger charge is -2.62. The minimum Gasteiger partial charge on any atom is -0.394 e. The number of carbonyl (C=O) groups is 1. The summed E-state index contributed by atoms with van der Waals surface area (Å²) in [4.78, 5) is 29.8. The van der Waals surface area contributed by atoms with Crippen LogP contribution in [0.2, 0.25) is 0 Å². The summed E-state index contributed by atoms with van der Waals surface area (Å²) in [5.41, 5.74) is 2.49. The van der Waals surface area contributed by atoms with E-state index in [9.17, 15) is 15.0 Å².